The van der Waals surface area contributed by atoms with E-state index in [4.69, 9.17) is 9.47 Å². The number of aromatic nitrogens is 3. The van der Waals surface area contributed by atoms with E-state index < -0.39 is 12.2 Å². The quantitative estimate of drug-likeness (QED) is 0.623. The van der Waals surface area contributed by atoms with Gasteiger partial charge in [-0.15, -0.1) is 5.10 Å². The highest BCUT2D eigenvalue weighted by Gasteiger charge is 2.17. The second-order valence-electron chi connectivity index (χ2n) is 7.40. The van der Waals surface area contributed by atoms with E-state index in [0.29, 0.717) is 31.0 Å². The van der Waals surface area contributed by atoms with Gasteiger partial charge in [-0.25, -0.2) is 4.68 Å². The summed E-state index contributed by atoms with van der Waals surface area (Å²) in [5.74, 6) is -0.566. The minimum Gasteiger partial charge on any atom is -0.351 e. The second kappa shape index (κ2) is 10.1. The molecule has 0 saturated carbocycles. The predicted octanol–water partition coefficient (Wildman–Crippen LogP) is 2.46. The number of ether oxygens (including phenoxy) is 2. The van der Waals surface area contributed by atoms with Gasteiger partial charge in [-0.2, -0.15) is 0 Å². The van der Waals surface area contributed by atoms with Crippen LogP contribution in [0.4, 0.5) is 5.69 Å². The maximum Gasteiger partial charge on any atom is 0.277 e. The Morgan fingerprint density at radius 3 is 2.24 bits per heavy atom. The Labute approximate surface area is 170 Å². The van der Waals surface area contributed by atoms with E-state index in [1.807, 2.05) is 34.6 Å². The molecule has 0 saturated heterocycles. The lowest BCUT2D eigenvalue weighted by atomic mass is 10.1. The third-order valence-electron chi connectivity index (χ3n) is 3.71. The zero-order valence-electron chi connectivity index (χ0n) is 17.6. The van der Waals surface area contributed by atoms with Crippen molar-refractivity contribution in [3.8, 4) is 0 Å². The molecule has 0 fully saturated rings. The molecule has 1 heterocycles. The highest BCUT2D eigenvalue weighted by Crippen LogP contribution is 2.12. The second-order valence-corrected chi connectivity index (χ2v) is 7.40. The third kappa shape index (κ3) is 7.28. The number of carbonyl (C=O) groups is 2. The van der Waals surface area contributed by atoms with Crippen LogP contribution < -0.4 is 10.6 Å². The number of anilines is 1. The van der Waals surface area contributed by atoms with Gasteiger partial charge in [0.05, 0.1) is 12.7 Å². The maximum absolute atomic E-state index is 12.4. The van der Waals surface area contributed by atoms with E-state index in [2.05, 4.69) is 20.9 Å². The Hall–Kier alpha value is -2.78. The Morgan fingerprint density at radius 1 is 1.07 bits per heavy atom. The first kappa shape index (κ1) is 22.5. The molecule has 0 radical (unpaired) electrons. The zero-order chi connectivity index (χ0) is 21.4. The smallest absolute Gasteiger partial charge is 0.277 e. The summed E-state index contributed by atoms with van der Waals surface area (Å²) >= 11 is 0. The molecule has 29 heavy (non-hydrogen) atoms. The number of nitrogens with zero attached hydrogens (tertiary/aromatic N) is 3. The Balaban J connectivity index is 1.96. The van der Waals surface area contributed by atoms with Crippen LogP contribution in [0.3, 0.4) is 0 Å². The van der Waals surface area contributed by atoms with Crippen molar-refractivity contribution < 1.29 is 19.1 Å². The molecule has 0 aliphatic heterocycles. The molecule has 0 spiro atoms. The molecule has 0 aliphatic carbocycles. The SMILES string of the molecule is CCOC(Cn1cc(C(=O)Nc2ccc(C(=O)NC(C)(C)C)cc2)nn1)OCC. The summed E-state index contributed by atoms with van der Waals surface area (Å²) in [6, 6.07) is 6.64. The molecule has 2 rings (SSSR count). The van der Waals surface area contributed by atoms with Crippen LogP contribution in [0.15, 0.2) is 30.5 Å². The lowest BCUT2D eigenvalue weighted by molar-refractivity contribution is -0.145. The van der Waals surface area contributed by atoms with Crippen LogP contribution in [0.5, 0.6) is 0 Å². The van der Waals surface area contributed by atoms with E-state index >= 15 is 0 Å². The summed E-state index contributed by atoms with van der Waals surface area (Å²) < 4.78 is 12.4. The molecule has 9 nitrogen and oxygen atoms in total. The Kier molecular flexibility index (Phi) is 7.86. The van der Waals surface area contributed by atoms with Gasteiger partial charge in [0.15, 0.2) is 12.0 Å². The van der Waals surface area contributed by atoms with Gasteiger partial charge >= 0.3 is 0 Å². The molecule has 2 N–H and O–H groups in total. The average Bonchev–Trinajstić information content (AvgIpc) is 3.10. The summed E-state index contributed by atoms with van der Waals surface area (Å²) in [6.07, 6.45) is 1.08. The topological polar surface area (TPSA) is 107 Å². The first-order valence-electron chi connectivity index (χ1n) is 9.59. The van der Waals surface area contributed by atoms with Crippen LogP contribution in [-0.4, -0.2) is 51.9 Å². The molecular weight excluding hydrogens is 374 g/mol. The largest absolute Gasteiger partial charge is 0.351 e. The highest BCUT2D eigenvalue weighted by molar-refractivity contribution is 6.03. The normalized spacial score (nSPS) is 11.5. The minimum absolute atomic E-state index is 0.170. The van der Waals surface area contributed by atoms with Gasteiger partial charge in [-0.05, 0) is 58.9 Å². The van der Waals surface area contributed by atoms with Crippen molar-refractivity contribution in [1.82, 2.24) is 20.3 Å². The fraction of sp³-hybridized carbons (Fsp3) is 0.500. The lowest BCUT2D eigenvalue weighted by Gasteiger charge is -2.20. The molecule has 1 aromatic heterocycles. The van der Waals surface area contributed by atoms with E-state index in [0.717, 1.165) is 0 Å². The van der Waals surface area contributed by atoms with E-state index in [1.54, 1.807) is 24.3 Å². The first-order valence-corrected chi connectivity index (χ1v) is 9.59. The summed E-state index contributed by atoms with van der Waals surface area (Å²) in [7, 11) is 0. The molecule has 2 aromatic rings. The standard InChI is InChI=1S/C20H29N5O4/c1-6-28-17(29-7-2)13-25-12-16(23-24-25)19(27)21-15-10-8-14(9-11-15)18(26)22-20(3,4)5/h8-12,17H,6-7,13H2,1-5H3,(H,21,27)(H,22,26). The molecular formula is C20H29N5O4. The lowest BCUT2D eigenvalue weighted by Crippen LogP contribution is -2.40. The Morgan fingerprint density at radius 2 is 1.69 bits per heavy atom. The number of benzene rings is 1. The van der Waals surface area contributed by atoms with Gasteiger partial charge in [-0.3, -0.25) is 9.59 Å². The fourth-order valence-corrected chi connectivity index (χ4v) is 2.48. The average molecular weight is 403 g/mol. The molecule has 0 atom stereocenters. The molecule has 2 amide bonds. The van der Waals surface area contributed by atoms with Crippen molar-refractivity contribution >= 4 is 17.5 Å². The third-order valence-corrected chi connectivity index (χ3v) is 3.71. The molecule has 158 valence electrons. The van der Waals surface area contributed by atoms with Crippen LogP contribution in [-0.2, 0) is 16.0 Å². The maximum atomic E-state index is 12.4. The molecule has 0 bridgehead atoms. The number of amides is 2. The first-order chi connectivity index (χ1) is 13.7. The Bertz CT molecular complexity index is 805. The van der Waals surface area contributed by atoms with Crippen LogP contribution >= 0.6 is 0 Å². The predicted molar refractivity (Wildman–Crippen MR) is 109 cm³/mol. The van der Waals surface area contributed by atoms with Crippen molar-refractivity contribution in [3.63, 3.8) is 0 Å². The number of rotatable bonds is 9. The van der Waals surface area contributed by atoms with E-state index in [9.17, 15) is 9.59 Å². The van der Waals surface area contributed by atoms with Crippen LogP contribution in [0.1, 0.15) is 55.5 Å². The summed E-state index contributed by atoms with van der Waals surface area (Å²) in [5.41, 5.74) is 0.922. The van der Waals surface area contributed by atoms with Crippen molar-refractivity contribution in [2.45, 2.75) is 53.0 Å². The van der Waals surface area contributed by atoms with Crippen molar-refractivity contribution in [3.05, 3.63) is 41.7 Å². The van der Waals surface area contributed by atoms with Crippen molar-refractivity contribution in [2.75, 3.05) is 18.5 Å². The van der Waals surface area contributed by atoms with Crippen LogP contribution in [0, 0.1) is 0 Å². The van der Waals surface area contributed by atoms with E-state index in [-0.39, 0.29) is 17.1 Å². The number of carbonyl (C=O) groups excluding carboxylic acids is 2. The van der Waals surface area contributed by atoms with Crippen LogP contribution in [0.25, 0.3) is 0 Å². The molecule has 9 heteroatoms. The molecule has 0 aliphatic rings. The van der Waals surface area contributed by atoms with Gasteiger partial charge < -0.3 is 20.1 Å². The molecule has 0 unspecified atom stereocenters. The summed E-state index contributed by atoms with van der Waals surface area (Å²) in [5, 5.41) is 13.5. The van der Waals surface area contributed by atoms with Gasteiger partial charge in [-0.1, -0.05) is 5.21 Å². The number of hydrogen-bond acceptors (Lipinski definition) is 6. The summed E-state index contributed by atoms with van der Waals surface area (Å²) in [4.78, 5) is 24.6. The van der Waals surface area contributed by atoms with Crippen LogP contribution in [0.2, 0.25) is 0 Å². The number of hydrogen-bond donors (Lipinski definition) is 2. The van der Waals surface area contributed by atoms with E-state index in [1.165, 1.54) is 10.9 Å². The number of nitrogens with one attached hydrogen (secondary N) is 2. The monoisotopic (exact) mass is 403 g/mol. The van der Waals surface area contributed by atoms with Gasteiger partial charge in [0, 0.05) is 30.0 Å². The van der Waals surface area contributed by atoms with Gasteiger partial charge in [0.25, 0.3) is 11.8 Å². The minimum atomic E-state index is -0.450. The highest BCUT2D eigenvalue weighted by atomic mass is 16.7. The van der Waals surface area contributed by atoms with Crippen molar-refractivity contribution in [2.24, 2.45) is 0 Å². The zero-order valence-corrected chi connectivity index (χ0v) is 17.6. The van der Waals surface area contributed by atoms with Crippen molar-refractivity contribution in [1.29, 1.82) is 0 Å². The summed E-state index contributed by atoms with van der Waals surface area (Å²) in [6.45, 7) is 10.9. The van der Waals surface area contributed by atoms with Gasteiger partial charge in [0.2, 0.25) is 0 Å². The van der Waals surface area contributed by atoms with Gasteiger partial charge in [0.1, 0.15) is 0 Å². The molecule has 1 aromatic carbocycles. The fourth-order valence-electron chi connectivity index (χ4n) is 2.48.